The molecule has 0 saturated heterocycles. The lowest BCUT2D eigenvalue weighted by molar-refractivity contribution is -0.159. The molecular formula is C17H30O3. The van der Waals surface area contributed by atoms with Crippen LogP contribution in [0.25, 0.3) is 0 Å². The molecule has 0 radical (unpaired) electrons. The molecule has 0 aromatic rings. The summed E-state index contributed by atoms with van der Waals surface area (Å²) in [7, 11) is 1.76. The maximum Gasteiger partial charge on any atom is 0.309 e. The van der Waals surface area contributed by atoms with Gasteiger partial charge in [0, 0.05) is 7.11 Å². The molecule has 2 aliphatic rings. The predicted molar refractivity (Wildman–Crippen MR) is 79.7 cm³/mol. The van der Waals surface area contributed by atoms with E-state index >= 15 is 0 Å². The molecule has 0 aromatic heterocycles. The Morgan fingerprint density at radius 2 is 1.95 bits per heavy atom. The Balaban J connectivity index is 2.05. The lowest BCUT2D eigenvalue weighted by Gasteiger charge is -2.45. The number of methoxy groups -OCH3 is 1. The monoisotopic (exact) mass is 282 g/mol. The minimum atomic E-state index is -0.547. The second-order valence-electron chi connectivity index (χ2n) is 6.91. The first-order valence-corrected chi connectivity index (χ1v) is 8.38. The molecule has 2 unspecified atom stereocenters. The number of carbonyl (C=O) groups is 1. The van der Waals surface area contributed by atoms with E-state index in [4.69, 9.17) is 4.74 Å². The quantitative estimate of drug-likeness (QED) is 0.820. The molecule has 116 valence electrons. The van der Waals surface area contributed by atoms with E-state index < -0.39 is 11.4 Å². The number of hydrogen-bond acceptors (Lipinski definition) is 2. The van der Waals surface area contributed by atoms with Gasteiger partial charge in [-0.3, -0.25) is 4.79 Å². The highest BCUT2D eigenvalue weighted by molar-refractivity contribution is 5.75. The summed E-state index contributed by atoms with van der Waals surface area (Å²) in [6.07, 6.45) is 11.0. The fraction of sp³-hybridized carbons (Fsp3) is 0.941. The average molecular weight is 282 g/mol. The first-order chi connectivity index (χ1) is 9.62. The highest BCUT2D eigenvalue weighted by Gasteiger charge is 2.48. The molecule has 3 heteroatoms. The van der Waals surface area contributed by atoms with E-state index in [9.17, 15) is 9.90 Å². The standard InChI is InChI=1S/C17H30O3/c1-3-5-13-8-10-17(11-9-13,16(18)19)14-6-4-7-15(12-14)20-2/h13-15H,3-12H2,1-2H3,(H,18,19). The molecular weight excluding hydrogens is 252 g/mol. The largest absolute Gasteiger partial charge is 0.481 e. The number of rotatable bonds is 5. The van der Waals surface area contributed by atoms with Crippen molar-refractivity contribution in [3.63, 3.8) is 0 Å². The molecule has 20 heavy (non-hydrogen) atoms. The van der Waals surface area contributed by atoms with E-state index in [-0.39, 0.29) is 6.10 Å². The zero-order valence-corrected chi connectivity index (χ0v) is 13.1. The first-order valence-electron chi connectivity index (χ1n) is 8.38. The van der Waals surface area contributed by atoms with E-state index in [0.29, 0.717) is 5.92 Å². The molecule has 2 rings (SSSR count). The Morgan fingerprint density at radius 1 is 1.25 bits per heavy atom. The summed E-state index contributed by atoms with van der Waals surface area (Å²) < 4.78 is 5.50. The topological polar surface area (TPSA) is 46.5 Å². The molecule has 0 amide bonds. The Kier molecular flexibility index (Phi) is 5.48. The Bertz CT molecular complexity index is 318. The van der Waals surface area contributed by atoms with E-state index in [1.165, 1.54) is 12.8 Å². The predicted octanol–water partition coefficient (Wildman–Crippen LogP) is 4.25. The van der Waals surface area contributed by atoms with Gasteiger partial charge in [0.1, 0.15) is 0 Å². The highest BCUT2D eigenvalue weighted by atomic mass is 16.5. The van der Waals surface area contributed by atoms with Gasteiger partial charge in [-0.15, -0.1) is 0 Å². The van der Waals surface area contributed by atoms with E-state index in [0.717, 1.165) is 57.3 Å². The summed E-state index contributed by atoms with van der Waals surface area (Å²) in [6.45, 7) is 2.23. The molecule has 0 heterocycles. The van der Waals surface area contributed by atoms with Crippen molar-refractivity contribution < 1.29 is 14.6 Å². The van der Waals surface area contributed by atoms with Crippen molar-refractivity contribution in [1.82, 2.24) is 0 Å². The maximum atomic E-state index is 12.0. The second-order valence-corrected chi connectivity index (χ2v) is 6.91. The van der Waals surface area contributed by atoms with Crippen LogP contribution in [0.15, 0.2) is 0 Å². The third kappa shape index (κ3) is 3.19. The summed E-state index contributed by atoms with van der Waals surface area (Å²) >= 11 is 0. The van der Waals surface area contributed by atoms with Crippen molar-refractivity contribution in [3.05, 3.63) is 0 Å². The number of aliphatic carboxylic acids is 1. The lowest BCUT2D eigenvalue weighted by Crippen LogP contribution is -2.44. The zero-order chi connectivity index (χ0) is 14.6. The molecule has 0 aliphatic heterocycles. The van der Waals surface area contributed by atoms with Crippen molar-refractivity contribution in [2.24, 2.45) is 17.3 Å². The number of ether oxygens (including phenoxy) is 1. The number of hydrogen-bond donors (Lipinski definition) is 1. The molecule has 2 saturated carbocycles. The number of carboxylic acids is 1. The molecule has 0 bridgehead atoms. The van der Waals surface area contributed by atoms with Gasteiger partial charge < -0.3 is 9.84 Å². The van der Waals surface area contributed by atoms with E-state index in [1.54, 1.807) is 7.11 Å². The normalized spacial score (nSPS) is 38.6. The van der Waals surface area contributed by atoms with Gasteiger partial charge in [-0.05, 0) is 56.8 Å². The summed E-state index contributed by atoms with van der Waals surface area (Å²) in [6, 6.07) is 0. The van der Waals surface area contributed by atoms with Crippen LogP contribution in [0.2, 0.25) is 0 Å². The molecule has 3 nitrogen and oxygen atoms in total. The maximum absolute atomic E-state index is 12.0. The van der Waals surface area contributed by atoms with Crippen LogP contribution < -0.4 is 0 Å². The Hall–Kier alpha value is -0.570. The molecule has 1 N–H and O–H groups in total. The molecule has 2 fully saturated rings. The Labute approximate surface area is 123 Å². The first kappa shape index (κ1) is 15.8. The SMILES string of the molecule is CCCC1CCC(C(=O)O)(C2CCCC(OC)C2)CC1. The molecule has 2 aliphatic carbocycles. The van der Waals surface area contributed by atoms with Gasteiger partial charge in [-0.25, -0.2) is 0 Å². The fourth-order valence-corrected chi connectivity index (χ4v) is 4.55. The molecule has 2 atom stereocenters. The van der Waals surface area contributed by atoms with Crippen LogP contribution in [-0.4, -0.2) is 24.3 Å². The van der Waals surface area contributed by atoms with E-state index in [2.05, 4.69) is 6.92 Å². The van der Waals surface area contributed by atoms with Crippen LogP contribution in [0.4, 0.5) is 0 Å². The fourth-order valence-electron chi connectivity index (χ4n) is 4.55. The van der Waals surface area contributed by atoms with Crippen LogP contribution >= 0.6 is 0 Å². The van der Waals surface area contributed by atoms with Crippen molar-refractivity contribution in [1.29, 1.82) is 0 Å². The van der Waals surface area contributed by atoms with Crippen LogP contribution in [0, 0.1) is 17.3 Å². The van der Waals surface area contributed by atoms with Gasteiger partial charge in [-0.2, -0.15) is 0 Å². The summed E-state index contributed by atoms with van der Waals surface area (Å²) in [4.78, 5) is 12.0. The smallest absolute Gasteiger partial charge is 0.309 e. The second kappa shape index (κ2) is 6.93. The molecule has 0 spiro atoms. The highest BCUT2D eigenvalue weighted by Crippen LogP contribution is 2.50. The van der Waals surface area contributed by atoms with Gasteiger partial charge >= 0.3 is 5.97 Å². The number of carboxylic acid groups (broad SMARTS) is 1. The third-order valence-electron chi connectivity index (χ3n) is 5.86. The van der Waals surface area contributed by atoms with Gasteiger partial charge in [0.25, 0.3) is 0 Å². The van der Waals surface area contributed by atoms with Crippen molar-refractivity contribution in [3.8, 4) is 0 Å². The van der Waals surface area contributed by atoms with Crippen LogP contribution in [0.1, 0.15) is 71.1 Å². The summed E-state index contributed by atoms with van der Waals surface area (Å²) in [5, 5.41) is 9.88. The summed E-state index contributed by atoms with van der Waals surface area (Å²) in [5.74, 6) is 0.532. The minimum absolute atomic E-state index is 0.276. The average Bonchev–Trinajstić information content (AvgIpc) is 2.48. The van der Waals surface area contributed by atoms with E-state index in [1.807, 2.05) is 0 Å². The van der Waals surface area contributed by atoms with Crippen molar-refractivity contribution in [2.45, 2.75) is 77.2 Å². The van der Waals surface area contributed by atoms with Gasteiger partial charge in [0.15, 0.2) is 0 Å². The summed E-state index contributed by atoms with van der Waals surface area (Å²) in [5.41, 5.74) is -0.457. The zero-order valence-electron chi connectivity index (χ0n) is 13.1. The third-order valence-corrected chi connectivity index (χ3v) is 5.86. The minimum Gasteiger partial charge on any atom is -0.481 e. The van der Waals surface area contributed by atoms with Crippen LogP contribution in [0.5, 0.6) is 0 Å². The van der Waals surface area contributed by atoms with Crippen molar-refractivity contribution in [2.75, 3.05) is 7.11 Å². The Morgan fingerprint density at radius 3 is 2.50 bits per heavy atom. The van der Waals surface area contributed by atoms with Crippen LogP contribution in [-0.2, 0) is 9.53 Å². The van der Waals surface area contributed by atoms with Gasteiger partial charge in [0.05, 0.1) is 11.5 Å². The lowest BCUT2D eigenvalue weighted by atomic mass is 9.59. The molecule has 0 aromatic carbocycles. The van der Waals surface area contributed by atoms with Gasteiger partial charge in [-0.1, -0.05) is 26.2 Å². The van der Waals surface area contributed by atoms with Crippen molar-refractivity contribution >= 4 is 5.97 Å². The van der Waals surface area contributed by atoms with Crippen LogP contribution in [0.3, 0.4) is 0 Å². The van der Waals surface area contributed by atoms with Gasteiger partial charge in [0.2, 0.25) is 0 Å².